The van der Waals surface area contributed by atoms with Crippen molar-refractivity contribution in [1.29, 1.82) is 0 Å². The van der Waals surface area contributed by atoms with Gasteiger partial charge in [-0.2, -0.15) is 8.97 Å². The fourth-order valence-electron chi connectivity index (χ4n) is 3.06. The van der Waals surface area contributed by atoms with E-state index >= 15 is 0 Å². The number of ether oxygens (including phenoxy) is 1. The van der Waals surface area contributed by atoms with E-state index < -0.39 is 0 Å². The molecule has 144 valence electrons. The highest BCUT2D eigenvalue weighted by molar-refractivity contribution is 5.71. The molecule has 27 heavy (non-hydrogen) atoms. The molecule has 0 saturated heterocycles. The van der Waals surface area contributed by atoms with Crippen molar-refractivity contribution in [1.82, 2.24) is 4.40 Å². The average molecular weight is 388 g/mol. The predicted molar refractivity (Wildman–Crippen MR) is 103 cm³/mol. The van der Waals surface area contributed by atoms with Crippen molar-refractivity contribution in [3.63, 3.8) is 0 Å². The second-order valence-corrected chi connectivity index (χ2v) is 7.50. The zero-order valence-corrected chi connectivity index (χ0v) is 17.2. The molecule has 0 unspecified atom stereocenters. The number of benzene rings is 1. The number of rotatable bonds is 4. The number of nitrogens with one attached hydrogen (secondary N) is 1. The van der Waals surface area contributed by atoms with Gasteiger partial charge in [-0.3, -0.25) is 0 Å². The summed E-state index contributed by atoms with van der Waals surface area (Å²) < 4.78 is 9.76. The lowest BCUT2D eigenvalue weighted by Gasteiger charge is -2.19. The highest BCUT2D eigenvalue weighted by Gasteiger charge is 2.30. The highest BCUT2D eigenvalue weighted by atomic mass is 35.5. The maximum atomic E-state index is 12.4. The topological polar surface area (TPSA) is 46.6 Å². The van der Waals surface area contributed by atoms with Crippen LogP contribution in [0.1, 0.15) is 43.7 Å². The van der Waals surface area contributed by atoms with Gasteiger partial charge in [-0.1, -0.05) is 30.3 Å². The van der Waals surface area contributed by atoms with Crippen LogP contribution < -0.4 is 27.0 Å². The molecule has 0 aliphatic rings. The fraction of sp³-hybridized carbons (Fsp3) is 0.333. The molecule has 3 rings (SSSR count). The van der Waals surface area contributed by atoms with E-state index in [9.17, 15) is 4.79 Å². The van der Waals surface area contributed by atoms with Gasteiger partial charge in [0.05, 0.1) is 6.20 Å². The molecule has 0 amide bonds. The number of nitrogens with zero attached hydrogens (tertiary/aromatic N) is 2. The molecule has 5 nitrogen and oxygen atoms in total. The number of imidazole rings is 1. The molecule has 1 aromatic carbocycles. The van der Waals surface area contributed by atoms with Crippen LogP contribution in [-0.2, 0) is 6.61 Å². The Morgan fingerprint density at radius 1 is 1.15 bits per heavy atom. The Labute approximate surface area is 166 Å². The van der Waals surface area contributed by atoms with E-state index in [4.69, 9.17) is 4.74 Å². The number of pyridine rings is 1. The summed E-state index contributed by atoms with van der Waals surface area (Å²) >= 11 is 0. The van der Waals surface area contributed by atoms with Crippen LogP contribution in [0.4, 0.5) is 5.82 Å². The number of hydrogen-bond acceptors (Lipinski definition) is 3. The molecule has 3 aromatic rings. The summed E-state index contributed by atoms with van der Waals surface area (Å²) in [5.41, 5.74) is 2.55. The number of aromatic nitrogens is 2. The smallest absolute Gasteiger partial charge is 0.338 e. The lowest BCUT2D eigenvalue weighted by Crippen LogP contribution is -3.00. The third-order valence-electron chi connectivity index (χ3n) is 4.11. The van der Waals surface area contributed by atoms with Crippen LogP contribution in [0.3, 0.4) is 0 Å². The van der Waals surface area contributed by atoms with Crippen molar-refractivity contribution in [2.45, 2.75) is 46.8 Å². The van der Waals surface area contributed by atoms with Gasteiger partial charge in [-0.15, -0.1) is 0 Å². The first kappa shape index (κ1) is 20.8. The first-order chi connectivity index (χ1) is 12.3. The molecule has 2 heterocycles. The van der Waals surface area contributed by atoms with Crippen LogP contribution in [0.2, 0.25) is 0 Å². The summed E-state index contributed by atoms with van der Waals surface area (Å²) in [6.45, 7) is 10.3. The van der Waals surface area contributed by atoms with Crippen molar-refractivity contribution in [3.05, 3.63) is 59.9 Å². The fourth-order valence-corrected chi connectivity index (χ4v) is 3.06. The molecular formula is C21H26ClN3O2. The van der Waals surface area contributed by atoms with Crippen LogP contribution in [-0.4, -0.2) is 15.8 Å². The van der Waals surface area contributed by atoms with E-state index in [1.165, 1.54) is 0 Å². The Balaban J connectivity index is 0.00000261. The van der Waals surface area contributed by atoms with Crippen molar-refractivity contribution in [2.24, 2.45) is 0 Å². The first-order valence-electron chi connectivity index (χ1n) is 8.79. The van der Waals surface area contributed by atoms with E-state index in [0.717, 1.165) is 22.7 Å². The highest BCUT2D eigenvalue weighted by Crippen LogP contribution is 2.26. The molecule has 0 atom stereocenters. The largest absolute Gasteiger partial charge is 1.00 e. The van der Waals surface area contributed by atoms with Gasteiger partial charge in [0.1, 0.15) is 6.61 Å². The molecule has 1 N–H and O–H groups in total. The summed E-state index contributed by atoms with van der Waals surface area (Å²) in [5, 5.41) is 3.50. The third kappa shape index (κ3) is 4.42. The number of carbonyl (C=O) groups excluding carboxylic acids is 1. The van der Waals surface area contributed by atoms with Crippen molar-refractivity contribution in [3.8, 4) is 5.75 Å². The van der Waals surface area contributed by atoms with E-state index in [1.807, 2.05) is 60.0 Å². The normalized spacial score (nSPS) is 11.1. The maximum Gasteiger partial charge on any atom is 0.338 e. The minimum absolute atomic E-state index is 0. The summed E-state index contributed by atoms with van der Waals surface area (Å²) in [6.07, 6.45) is 1.95. The Morgan fingerprint density at radius 3 is 2.41 bits per heavy atom. The van der Waals surface area contributed by atoms with Gasteiger partial charge in [0.15, 0.2) is 5.69 Å². The van der Waals surface area contributed by atoms with Crippen molar-refractivity contribution < 1.29 is 26.5 Å². The predicted octanol–water partition coefficient (Wildman–Crippen LogP) is 0.989. The van der Waals surface area contributed by atoms with Gasteiger partial charge < -0.3 is 22.5 Å². The monoisotopic (exact) mass is 387 g/mol. The standard InChI is InChI=1S/C21H26N3O2.ClH/c1-15-19(22-21(3,4)5)23-13-9-12-18(20(23)24(15)16(2)25)26-14-17-10-7-6-8-11-17;/h6-13,22H,14H2,1-5H3;1H/q+1;/p-1. The molecule has 0 radical (unpaired) electrons. The first-order valence-corrected chi connectivity index (χ1v) is 8.79. The second kappa shape index (κ2) is 8.01. The Morgan fingerprint density at radius 2 is 1.81 bits per heavy atom. The van der Waals surface area contributed by atoms with Gasteiger partial charge in [-0.25, -0.2) is 4.79 Å². The van der Waals surface area contributed by atoms with E-state index in [1.54, 1.807) is 11.5 Å². The molecule has 0 spiro atoms. The van der Waals surface area contributed by atoms with Crippen molar-refractivity contribution >= 4 is 17.4 Å². The number of hydrogen-bond donors (Lipinski definition) is 1. The third-order valence-corrected chi connectivity index (χ3v) is 4.11. The number of carbonyl (C=O) groups is 1. The van der Waals surface area contributed by atoms with Gasteiger partial charge in [0, 0.05) is 19.4 Å². The Kier molecular flexibility index (Phi) is 6.16. The van der Waals surface area contributed by atoms with Gasteiger partial charge in [0.25, 0.3) is 0 Å². The molecule has 6 heteroatoms. The van der Waals surface area contributed by atoms with Crippen molar-refractivity contribution in [2.75, 3.05) is 5.32 Å². The summed E-state index contributed by atoms with van der Waals surface area (Å²) in [6, 6.07) is 13.8. The molecular weight excluding hydrogens is 362 g/mol. The van der Waals surface area contributed by atoms with E-state index in [0.29, 0.717) is 12.4 Å². The SMILES string of the molecule is CC(=O)[n+]1c(C)c(NC(C)(C)C)n2cccc(OCc3ccccc3)c21.[Cl-]. The molecule has 0 aliphatic heterocycles. The second-order valence-electron chi connectivity index (χ2n) is 7.50. The lowest BCUT2D eigenvalue weighted by atomic mass is 10.1. The minimum Gasteiger partial charge on any atom is -1.00 e. The van der Waals surface area contributed by atoms with Gasteiger partial charge in [0.2, 0.25) is 11.6 Å². The summed E-state index contributed by atoms with van der Waals surface area (Å²) in [4.78, 5) is 12.4. The molecule has 2 aromatic heterocycles. The molecule has 0 aliphatic carbocycles. The van der Waals surface area contributed by atoms with Crippen LogP contribution >= 0.6 is 0 Å². The lowest BCUT2D eigenvalue weighted by molar-refractivity contribution is -0.551. The number of anilines is 1. The number of fused-ring (bicyclic) bond motifs is 1. The van der Waals surface area contributed by atoms with Gasteiger partial charge >= 0.3 is 11.6 Å². The van der Waals surface area contributed by atoms with Crippen LogP contribution in [0.15, 0.2) is 48.7 Å². The summed E-state index contributed by atoms with van der Waals surface area (Å²) in [5.74, 6) is 1.53. The molecule has 0 bridgehead atoms. The Bertz CT molecular complexity index is 943. The van der Waals surface area contributed by atoms with Crippen LogP contribution in [0.25, 0.3) is 5.65 Å². The van der Waals surface area contributed by atoms with Gasteiger partial charge in [-0.05, 0) is 38.5 Å². The van der Waals surface area contributed by atoms with E-state index in [-0.39, 0.29) is 23.9 Å². The minimum atomic E-state index is -0.130. The number of halogens is 1. The maximum absolute atomic E-state index is 12.4. The quantitative estimate of drug-likeness (QED) is 0.679. The average Bonchev–Trinajstić information content (AvgIpc) is 2.85. The van der Waals surface area contributed by atoms with Crippen LogP contribution in [0.5, 0.6) is 5.75 Å². The zero-order valence-electron chi connectivity index (χ0n) is 16.4. The van der Waals surface area contributed by atoms with E-state index in [2.05, 4.69) is 26.1 Å². The molecule has 0 fully saturated rings. The summed E-state index contributed by atoms with van der Waals surface area (Å²) in [7, 11) is 0. The zero-order chi connectivity index (χ0) is 18.9. The Hall–Kier alpha value is -2.53. The van der Waals surface area contributed by atoms with Crippen LogP contribution in [0, 0.1) is 6.92 Å². The molecule has 0 saturated carbocycles.